The molecule has 10 heteroatoms. The van der Waals surface area contributed by atoms with Crippen molar-refractivity contribution >= 4 is 28.9 Å². The van der Waals surface area contributed by atoms with Gasteiger partial charge in [0.1, 0.15) is 0 Å². The van der Waals surface area contributed by atoms with E-state index >= 15 is 0 Å². The number of H-pyrrole nitrogens is 1. The van der Waals surface area contributed by atoms with Gasteiger partial charge in [0.2, 0.25) is 0 Å². The first-order chi connectivity index (χ1) is 13.7. The summed E-state index contributed by atoms with van der Waals surface area (Å²) in [5, 5.41) is 22.8. The molecule has 3 atom stereocenters. The minimum absolute atomic E-state index is 0. The molecule has 2 amide bonds. The Hall–Kier alpha value is -3.37. The molecule has 0 saturated carbocycles. The molecule has 164 valence electrons. The summed E-state index contributed by atoms with van der Waals surface area (Å²) in [6, 6.07) is 6.64. The minimum atomic E-state index is -1.26. The molecule has 0 radical (unpaired) electrons. The van der Waals surface area contributed by atoms with Crippen molar-refractivity contribution in [1.29, 1.82) is 0 Å². The van der Waals surface area contributed by atoms with Gasteiger partial charge in [-0.1, -0.05) is 13.0 Å². The lowest BCUT2D eigenvalue weighted by Crippen LogP contribution is -2.35. The number of aromatic nitrogens is 1. The zero-order valence-electron chi connectivity index (χ0n) is 16.8. The molecule has 10 nitrogen and oxygen atoms in total. The van der Waals surface area contributed by atoms with Crippen molar-refractivity contribution in [3.63, 3.8) is 0 Å². The van der Waals surface area contributed by atoms with Crippen LogP contribution in [-0.2, 0) is 16.0 Å². The normalized spacial score (nSPS) is 18.7. The smallest absolute Gasteiger partial charge is 0.328 e. The molecule has 30 heavy (non-hydrogen) atoms. The van der Waals surface area contributed by atoms with Crippen molar-refractivity contribution in [2.75, 3.05) is 6.54 Å². The van der Waals surface area contributed by atoms with E-state index in [1.165, 1.54) is 16.5 Å². The topological polar surface area (TPSA) is 189 Å². The Kier molecular flexibility index (Phi) is 9.03. The van der Waals surface area contributed by atoms with Crippen LogP contribution in [0.15, 0.2) is 36.5 Å². The number of nitrogens with one attached hydrogen (secondary N) is 3. The van der Waals surface area contributed by atoms with Crippen molar-refractivity contribution < 1.29 is 30.1 Å². The number of amides is 2. The number of hydrogen-bond acceptors (Lipinski definition) is 4. The predicted octanol–water partition coefficient (Wildman–Crippen LogP) is 0.730. The Balaban J connectivity index is 0.000000431. The maximum atomic E-state index is 11.5. The molecule has 1 aromatic carbocycles. The van der Waals surface area contributed by atoms with Crippen molar-refractivity contribution in [3.05, 3.63) is 47.7 Å². The Bertz CT molecular complexity index is 907. The van der Waals surface area contributed by atoms with E-state index in [0.29, 0.717) is 18.7 Å². The number of hydrogen-bond donors (Lipinski definition) is 6. The second-order valence-electron chi connectivity index (χ2n) is 6.89. The molecule has 2 heterocycles. The number of aliphatic carboxylic acids is 2. The van der Waals surface area contributed by atoms with E-state index < -0.39 is 11.9 Å². The number of carboxylic acids is 2. The predicted molar refractivity (Wildman–Crippen MR) is 112 cm³/mol. The molecular formula is C20H28N4O6. The summed E-state index contributed by atoms with van der Waals surface area (Å²) in [6.45, 7) is 4.84. The fourth-order valence-corrected chi connectivity index (χ4v) is 3.36. The number of carboxylic acid groups (broad SMARTS) is 2. The zero-order chi connectivity index (χ0) is 21.6. The molecule has 3 rings (SSSR count). The van der Waals surface area contributed by atoms with E-state index in [-0.39, 0.29) is 29.5 Å². The van der Waals surface area contributed by atoms with Crippen LogP contribution in [0, 0.1) is 0 Å². The van der Waals surface area contributed by atoms with Crippen molar-refractivity contribution in [2.45, 2.75) is 38.3 Å². The summed E-state index contributed by atoms with van der Waals surface area (Å²) in [6.07, 6.45) is 4.02. The lowest BCUT2D eigenvalue weighted by molar-refractivity contribution is -0.134. The summed E-state index contributed by atoms with van der Waals surface area (Å²) in [5.41, 5.74) is 9.30. The maximum Gasteiger partial charge on any atom is 0.328 e. The number of benzene rings is 1. The third-order valence-electron chi connectivity index (χ3n) is 4.83. The molecule has 1 aliphatic rings. The van der Waals surface area contributed by atoms with Gasteiger partial charge in [0, 0.05) is 41.2 Å². The molecule has 1 saturated heterocycles. The van der Waals surface area contributed by atoms with Crippen LogP contribution in [-0.4, -0.2) is 57.3 Å². The highest BCUT2D eigenvalue weighted by Crippen LogP contribution is 2.28. The summed E-state index contributed by atoms with van der Waals surface area (Å²) in [5.74, 6) is -2.26. The van der Waals surface area contributed by atoms with Gasteiger partial charge in [-0.15, -0.1) is 0 Å². The third kappa shape index (κ3) is 6.33. The second-order valence-corrected chi connectivity index (χ2v) is 6.89. The standard InChI is InChI=1S/C16H22N4O.C4H4O4.H2O/c1-9(15-10(2)19-16(21)20-15)11-3-4-14-13(7-11)12(5-6-17)8-18-14;5-3(6)1-2-4(7)8;/h3-4,7-10,15,18H,5-6,17H2,1-2H3,(H2,19,20,21);1-2H,(H,5,6)(H,7,8);1H2/b;2-1-;. The molecule has 0 spiro atoms. The Morgan fingerprint density at radius 3 is 2.33 bits per heavy atom. The number of carbonyl (C=O) groups is 3. The average molecular weight is 420 g/mol. The Morgan fingerprint density at radius 2 is 1.83 bits per heavy atom. The molecule has 0 bridgehead atoms. The third-order valence-corrected chi connectivity index (χ3v) is 4.83. The summed E-state index contributed by atoms with van der Waals surface area (Å²) >= 11 is 0. The molecule has 3 unspecified atom stereocenters. The number of nitrogens with two attached hydrogens (primary N) is 1. The van der Waals surface area contributed by atoms with Gasteiger partial charge >= 0.3 is 18.0 Å². The second kappa shape index (κ2) is 11.0. The molecule has 1 aromatic heterocycles. The summed E-state index contributed by atoms with van der Waals surface area (Å²) in [4.78, 5) is 33.9. The lowest BCUT2D eigenvalue weighted by Gasteiger charge is -2.22. The summed E-state index contributed by atoms with van der Waals surface area (Å²) < 4.78 is 0. The van der Waals surface area contributed by atoms with Crippen molar-refractivity contribution in [3.8, 4) is 0 Å². The summed E-state index contributed by atoms with van der Waals surface area (Å²) in [7, 11) is 0. The van der Waals surface area contributed by atoms with Crippen LogP contribution in [0.25, 0.3) is 10.9 Å². The van der Waals surface area contributed by atoms with E-state index in [0.717, 1.165) is 11.9 Å². The highest BCUT2D eigenvalue weighted by molar-refractivity contribution is 5.89. The molecular weight excluding hydrogens is 392 g/mol. The van der Waals surface area contributed by atoms with Gasteiger partial charge in [-0.2, -0.15) is 0 Å². The Labute approximate surface area is 173 Å². The van der Waals surface area contributed by atoms with Gasteiger partial charge in [0.25, 0.3) is 0 Å². The van der Waals surface area contributed by atoms with Crippen LogP contribution in [0.3, 0.4) is 0 Å². The van der Waals surface area contributed by atoms with E-state index in [9.17, 15) is 14.4 Å². The average Bonchev–Trinajstić information content (AvgIpc) is 3.22. The van der Waals surface area contributed by atoms with Crippen LogP contribution in [0.4, 0.5) is 4.79 Å². The van der Waals surface area contributed by atoms with Gasteiger partial charge < -0.3 is 37.0 Å². The zero-order valence-corrected chi connectivity index (χ0v) is 16.8. The number of aromatic amines is 1. The molecule has 1 fully saturated rings. The number of urea groups is 1. The van der Waals surface area contributed by atoms with Gasteiger partial charge in [0.05, 0.1) is 6.04 Å². The van der Waals surface area contributed by atoms with Crippen LogP contribution in [0.1, 0.15) is 30.9 Å². The highest BCUT2D eigenvalue weighted by Gasteiger charge is 2.33. The van der Waals surface area contributed by atoms with Crippen molar-refractivity contribution in [1.82, 2.24) is 15.6 Å². The largest absolute Gasteiger partial charge is 0.478 e. The first-order valence-corrected chi connectivity index (χ1v) is 9.23. The lowest BCUT2D eigenvalue weighted by atomic mass is 9.89. The minimum Gasteiger partial charge on any atom is -0.478 e. The quantitative estimate of drug-likeness (QED) is 0.373. The maximum absolute atomic E-state index is 11.5. The Morgan fingerprint density at radius 1 is 1.20 bits per heavy atom. The molecule has 2 aromatic rings. The van der Waals surface area contributed by atoms with Gasteiger partial charge in [-0.3, -0.25) is 0 Å². The first-order valence-electron chi connectivity index (χ1n) is 9.23. The van der Waals surface area contributed by atoms with Crippen LogP contribution >= 0.6 is 0 Å². The number of fused-ring (bicyclic) bond motifs is 1. The monoisotopic (exact) mass is 420 g/mol. The van der Waals surface area contributed by atoms with Gasteiger partial charge in [-0.25, -0.2) is 14.4 Å². The van der Waals surface area contributed by atoms with Crippen LogP contribution < -0.4 is 16.4 Å². The fraction of sp³-hybridized carbons (Fsp3) is 0.350. The van der Waals surface area contributed by atoms with E-state index in [1.54, 1.807) is 0 Å². The van der Waals surface area contributed by atoms with E-state index in [4.69, 9.17) is 15.9 Å². The number of carbonyl (C=O) groups excluding carboxylic acids is 1. The van der Waals surface area contributed by atoms with Crippen molar-refractivity contribution in [2.24, 2.45) is 5.73 Å². The van der Waals surface area contributed by atoms with E-state index in [1.807, 2.05) is 13.1 Å². The molecule has 0 aliphatic carbocycles. The van der Waals surface area contributed by atoms with Gasteiger partial charge in [-0.05, 0) is 43.1 Å². The molecule has 9 N–H and O–H groups in total. The van der Waals surface area contributed by atoms with Gasteiger partial charge in [0.15, 0.2) is 0 Å². The fourth-order valence-electron chi connectivity index (χ4n) is 3.36. The number of rotatable bonds is 6. The van der Waals surface area contributed by atoms with Crippen LogP contribution in [0.2, 0.25) is 0 Å². The highest BCUT2D eigenvalue weighted by atomic mass is 16.4. The van der Waals surface area contributed by atoms with Crippen LogP contribution in [0.5, 0.6) is 0 Å². The molecule has 1 aliphatic heterocycles. The first kappa shape index (κ1) is 24.7. The van der Waals surface area contributed by atoms with E-state index in [2.05, 4.69) is 40.7 Å². The SMILES string of the molecule is CC1NC(=O)NC1C(C)c1ccc2[nH]cc(CCN)c2c1.O.O=C(O)/C=C\C(=O)O.